The lowest BCUT2D eigenvalue weighted by Gasteiger charge is -2.13. The largest absolute Gasteiger partial charge is 0.493 e. The number of thioether (sulfide) groups is 1. The van der Waals surface area contributed by atoms with Crippen molar-refractivity contribution in [3.05, 3.63) is 80.7 Å². The lowest BCUT2D eigenvalue weighted by molar-refractivity contribution is -0.118. The highest BCUT2D eigenvalue weighted by atomic mass is 79.9. The van der Waals surface area contributed by atoms with Crippen molar-refractivity contribution in [3.8, 4) is 11.5 Å². The molecule has 0 aliphatic rings. The predicted molar refractivity (Wildman–Crippen MR) is 145 cm³/mol. The van der Waals surface area contributed by atoms with Gasteiger partial charge in [0, 0.05) is 4.47 Å². The minimum absolute atomic E-state index is 0.207. The van der Waals surface area contributed by atoms with Crippen molar-refractivity contribution < 1.29 is 14.3 Å². The van der Waals surface area contributed by atoms with Crippen LogP contribution >= 0.6 is 55.0 Å². The van der Waals surface area contributed by atoms with Gasteiger partial charge in [-0.3, -0.25) is 4.79 Å². The molecule has 4 rings (SSSR count). The van der Waals surface area contributed by atoms with Crippen molar-refractivity contribution in [3.63, 3.8) is 0 Å². The van der Waals surface area contributed by atoms with E-state index in [4.69, 9.17) is 9.47 Å². The molecule has 1 aromatic heterocycles. The van der Waals surface area contributed by atoms with Gasteiger partial charge >= 0.3 is 0 Å². The molecular formula is C24H19Br2N3O3S2. The van der Waals surface area contributed by atoms with Crippen LogP contribution in [-0.4, -0.2) is 30.0 Å². The molecular weight excluding hydrogens is 602 g/mol. The first-order valence-corrected chi connectivity index (χ1v) is 13.5. The fourth-order valence-electron chi connectivity index (χ4n) is 2.94. The van der Waals surface area contributed by atoms with E-state index < -0.39 is 0 Å². The van der Waals surface area contributed by atoms with Crippen LogP contribution in [0.15, 0.2) is 79.1 Å². The second kappa shape index (κ2) is 11.8. The Morgan fingerprint density at radius 1 is 1.18 bits per heavy atom. The normalized spacial score (nSPS) is 11.1. The lowest BCUT2D eigenvalue weighted by Crippen LogP contribution is -2.19. The zero-order chi connectivity index (χ0) is 23.9. The summed E-state index contributed by atoms with van der Waals surface area (Å²) in [7, 11) is 1.58. The number of carbonyl (C=O) groups is 1. The number of ether oxygens (including phenoxy) is 2. The average molecular weight is 621 g/mol. The molecule has 0 saturated heterocycles. The van der Waals surface area contributed by atoms with Crippen molar-refractivity contribution in [1.29, 1.82) is 0 Å². The van der Waals surface area contributed by atoms with Crippen LogP contribution in [0.25, 0.3) is 10.2 Å². The first kappa shape index (κ1) is 24.7. The maximum absolute atomic E-state index is 12.2. The van der Waals surface area contributed by atoms with E-state index >= 15 is 0 Å². The van der Waals surface area contributed by atoms with Crippen LogP contribution in [-0.2, 0) is 11.4 Å². The molecule has 0 unspecified atom stereocenters. The van der Waals surface area contributed by atoms with Crippen molar-refractivity contribution in [2.75, 3.05) is 12.9 Å². The van der Waals surface area contributed by atoms with Crippen LogP contribution < -0.4 is 14.9 Å². The monoisotopic (exact) mass is 619 g/mol. The van der Waals surface area contributed by atoms with E-state index in [1.807, 2.05) is 54.6 Å². The second-order valence-corrected chi connectivity index (χ2v) is 11.0. The summed E-state index contributed by atoms with van der Waals surface area (Å²) < 4.78 is 15.2. The van der Waals surface area contributed by atoms with Gasteiger partial charge in [0.05, 0.1) is 33.8 Å². The van der Waals surface area contributed by atoms with Gasteiger partial charge in [0.2, 0.25) is 0 Å². The molecule has 0 spiro atoms. The average Bonchev–Trinajstić information content (AvgIpc) is 3.26. The zero-order valence-electron chi connectivity index (χ0n) is 18.0. The van der Waals surface area contributed by atoms with Gasteiger partial charge in [0.25, 0.3) is 5.91 Å². The van der Waals surface area contributed by atoms with Gasteiger partial charge in [-0.1, -0.05) is 52.0 Å². The third-order valence-corrected chi connectivity index (χ3v) is 7.85. The summed E-state index contributed by atoms with van der Waals surface area (Å²) in [5.74, 6) is 1.18. The van der Waals surface area contributed by atoms with E-state index in [1.54, 1.807) is 30.7 Å². The molecule has 174 valence electrons. The van der Waals surface area contributed by atoms with Gasteiger partial charge in [-0.15, -0.1) is 11.3 Å². The molecule has 6 nitrogen and oxygen atoms in total. The SMILES string of the molecule is COc1cc(/C=N/NC(=O)CSc2nc3ccccc3s2)cc(Br)c1OCc1ccc(Br)cc1. The van der Waals surface area contributed by atoms with Crippen LogP contribution in [0.3, 0.4) is 0 Å². The maximum Gasteiger partial charge on any atom is 0.250 e. The van der Waals surface area contributed by atoms with Crippen molar-refractivity contribution in [2.45, 2.75) is 10.9 Å². The predicted octanol–water partition coefficient (Wildman–Crippen LogP) is 6.65. The number of halogens is 2. The Morgan fingerprint density at radius 2 is 1.97 bits per heavy atom. The molecule has 0 aliphatic carbocycles. The van der Waals surface area contributed by atoms with E-state index in [2.05, 4.69) is 47.4 Å². The number of thiazole rings is 1. The topological polar surface area (TPSA) is 72.8 Å². The molecule has 34 heavy (non-hydrogen) atoms. The number of aromatic nitrogens is 1. The van der Waals surface area contributed by atoms with Crippen molar-refractivity contribution >= 4 is 77.3 Å². The smallest absolute Gasteiger partial charge is 0.250 e. The zero-order valence-corrected chi connectivity index (χ0v) is 22.8. The second-order valence-electron chi connectivity index (χ2n) is 6.98. The van der Waals surface area contributed by atoms with E-state index in [0.717, 1.165) is 34.6 Å². The highest BCUT2D eigenvalue weighted by Gasteiger charge is 2.12. The van der Waals surface area contributed by atoms with Crippen LogP contribution in [0.1, 0.15) is 11.1 Å². The van der Waals surface area contributed by atoms with Gasteiger partial charge in [0.1, 0.15) is 6.61 Å². The minimum Gasteiger partial charge on any atom is -0.493 e. The summed E-state index contributed by atoms with van der Waals surface area (Å²) in [6.07, 6.45) is 1.56. The number of benzene rings is 3. The van der Waals surface area contributed by atoms with Gasteiger partial charge in [-0.05, 0) is 63.5 Å². The summed E-state index contributed by atoms with van der Waals surface area (Å²) in [4.78, 5) is 16.7. The van der Waals surface area contributed by atoms with Crippen LogP contribution in [0, 0.1) is 0 Å². The van der Waals surface area contributed by atoms with Crippen LogP contribution in [0.4, 0.5) is 0 Å². The minimum atomic E-state index is -0.207. The van der Waals surface area contributed by atoms with E-state index in [1.165, 1.54) is 11.8 Å². The van der Waals surface area contributed by atoms with Crippen LogP contribution in [0.2, 0.25) is 0 Å². The number of hydrogen-bond donors (Lipinski definition) is 1. The molecule has 0 fully saturated rings. The van der Waals surface area contributed by atoms with E-state index in [9.17, 15) is 4.79 Å². The third kappa shape index (κ3) is 6.59. The molecule has 1 amide bonds. The lowest BCUT2D eigenvalue weighted by atomic mass is 10.2. The number of nitrogens with zero attached hydrogens (tertiary/aromatic N) is 2. The Morgan fingerprint density at radius 3 is 2.74 bits per heavy atom. The number of rotatable bonds is 9. The number of methoxy groups -OCH3 is 1. The molecule has 0 atom stereocenters. The Balaban J connectivity index is 1.33. The number of nitrogens with one attached hydrogen (secondary N) is 1. The van der Waals surface area contributed by atoms with E-state index in [-0.39, 0.29) is 11.7 Å². The Labute approximate surface area is 222 Å². The molecule has 3 aromatic carbocycles. The van der Waals surface area contributed by atoms with Crippen LogP contribution in [0.5, 0.6) is 11.5 Å². The molecule has 10 heteroatoms. The number of hydrogen-bond acceptors (Lipinski definition) is 7. The standard InChI is InChI=1S/C24H19Br2N3O3S2/c1-31-20-11-16(10-18(26)23(20)32-13-15-6-8-17(25)9-7-15)12-27-29-22(30)14-33-24-28-19-4-2-3-5-21(19)34-24/h2-12H,13-14H2,1H3,(H,29,30)/b27-12+. The number of carbonyl (C=O) groups excluding carboxylic acids is 1. The maximum atomic E-state index is 12.2. The highest BCUT2D eigenvalue weighted by molar-refractivity contribution is 9.10. The molecule has 0 radical (unpaired) electrons. The number of amides is 1. The molecule has 0 aliphatic heterocycles. The van der Waals surface area contributed by atoms with Gasteiger partial charge < -0.3 is 9.47 Å². The fourth-order valence-corrected chi connectivity index (χ4v) is 5.64. The fraction of sp³-hybridized carbons (Fsp3) is 0.125. The van der Waals surface area contributed by atoms with Crippen molar-refractivity contribution in [2.24, 2.45) is 5.10 Å². The van der Waals surface area contributed by atoms with Gasteiger partial charge in [-0.25, -0.2) is 10.4 Å². The summed E-state index contributed by atoms with van der Waals surface area (Å²) in [5.41, 5.74) is 5.28. The quantitative estimate of drug-likeness (QED) is 0.129. The summed E-state index contributed by atoms with van der Waals surface area (Å²) in [5, 5.41) is 4.07. The van der Waals surface area contributed by atoms with Crippen molar-refractivity contribution in [1.82, 2.24) is 10.4 Å². The highest BCUT2D eigenvalue weighted by Crippen LogP contribution is 2.37. The van der Waals surface area contributed by atoms with Gasteiger partial charge in [-0.2, -0.15) is 5.10 Å². The molecule has 0 saturated carbocycles. The molecule has 4 aromatic rings. The summed E-state index contributed by atoms with van der Waals surface area (Å²) >= 11 is 9.93. The van der Waals surface area contributed by atoms with E-state index in [0.29, 0.717) is 18.1 Å². The first-order valence-electron chi connectivity index (χ1n) is 10.1. The van der Waals surface area contributed by atoms with Gasteiger partial charge in [0.15, 0.2) is 15.8 Å². The third-order valence-electron chi connectivity index (χ3n) is 4.55. The Bertz CT molecular complexity index is 1290. The molecule has 1 N–H and O–H groups in total. The first-order chi connectivity index (χ1) is 16.5. The number of fused-ring (bicyclic) bond motifs is 1. The Kier molecular flexibility index (Phi) is 8.60. The number of hydrazone groups is 1. The number of para-hydroxylation sites is 1. The molecule has 1 heterocycles. The summed E-state index contributed by atoms with van der Waals surface area (Å²) in [6, 6.07) is 19.5. The Hall–Kier alpha value is -2.40. The molecule has 0 bridgehead atoms. The summed E-state index contributed by atoms with van der Waals surface area (Å²) in [6.45, 7) is 0.401.